The van der Waals surface area contributed by atoms with Crippen molar-refractivity contribution in [2.45, 2.75) is 31.4 Å². The monoisotopic (exact) mass is 346 g/mol. The first-order valence-corrected chi connectivity index (χ1v) is 8.51. The van der Waals surface area contributed by atoms with E-state index < -0.39 is 0 Å². The minimum Gasteiger partial charge on any atom is -0.375 e. The van der Waals surface area contributed by atoms with E-state index >= 15 is 0 Å². The third-order valence-electron chi connectivity index (χ3n) is 4.56. The number of methoxy groups -OCH3 is 1. The van der Waals surface area contributed by atoms with Gasteiger partial charge in [-0.1, -0.05) is 12.1 Å². The van der Waals surface area contributed by atoms with Gasteiger partial charge in [0.2, 0.25) is 0 Å². The van der Waals surface area contributed by atoms with Crippen LogP contribution in [0.3, 0.4) is 0 Å². The number of hydrogen-bond acceptors (Lipinski definition) is 3. The van der Waals surface area contributed by atoms with Crippen molar-refractivity contribution in [1.29, 1.82) is 0 Å². The largest absolute Gasteiger partial charge is 0.375 e. The smallest absolute Gasteiger partial charge is 0.318 e. The number of benzene rings is 1. The Balaban J connectivity index is 1.63. The van der Waals surface area contributed by atoms with Crippen LogP contribution in [0.2, 0.25) is 0 Å². The van der Waals surface area contributed by atoms with Crippen LogP contribution in [0.1, 0.15) is 42.8 Å². The first kappa shape index (κ1) is 17.4. The average Bonchev–Trinajstić information content (AvgIpc) is 3.18. The van der Waals surface area contributed by atoms with E-state index in [1.54, 1.807) is 31.6 Å². The Morgan fingerprint density at radius 3 is 2.92 bits per heavy atom. The molecule has 1 aromatic heterocycles. The summed E-state index contributed by atoms with van der Waals surface area (Å²) in [5, 5.41) is 2.93. The summed E-state index contributed by atoms with van der Waals surface area (Å²) in [6, 6.07) is 5.95. The highest BCUT2D eigenvalue weighted by Gasteiger charge is 2.29. The van der Waals surface area contributed by atoms with Gasteiger partial charge in [0.05, 0.1) is 12.1 Å². The predicted molar refractivity (Wildman–Crippen MR) is 91.4 cm³/mol. The number of rotatable bonds is 5. The average molecular weight is 346 g/mol. The number of imidazole rings is 1. The lowest BCUT2D eigenvalue weighted by Gasteiger charge is -2.34. The van der Waals surface area contributed by atoms with Crippen LogP contribution in [-0.2, 0) is 4.74 Å². The number of urea groups is 1. The van der Waals surface area contributed by atoms with Crippen LogP contribution in [0.4, 0.5) is 9.18 Å². The molecule has 2 atom stereocenters. The van der Waals surface area contributed by atoms with Crippen molar-refractivity contribution >= 4 is 6.03 Å². The summed E-state index contributed by atoms with van der Waals surface area (Å²) >= 11 is 0. The van der Waals surface area contributed by atoms with E-state index in [0.717, 1.165) is 30.7 Å². The van der Waals surface area contributed by atoms with Crippen molar-refractivity contribution < 1.29 is 13.9 Å². The molecule has 1 aliphatic heterocycles. The molecular formula is C18H23FN4O2. The van der Waals surface area contributed by atoms with Crippen LogP contribution >= 0.6 is 0 Å². The van der Waals surface area contributed by atoms with E-state index in [9.17, 15) is 9.18 Å². The second kappa shape index (κ2) is 8.11. The van der Waals surface area contributed by atoms with E-state index in [1.165, 1.54) is 12.1 Å². The van der Waals surface area contributed by atoms with E-state index in [4.69, 9.17) is 4.74 Å². The van der Waals surface area contributed by atoms with Gasteiger partial charge in [-0.25, -0.2) is 14.2 Å². The van der Waals surface area contributed by atoms with E-state index in [-0.39, 0.29) is 24.0 Å². The summed E-state index contributed by atoms with van der Waals surface area (Å²) in [5.74, 6) is 0.522. The van der Waals surface area contributed by atoms with Gasteiger partial charge in [0.1, 0.15) is 11.6 Å². The third-order valence-corrected chi connectivity index (χ3v) is 4.56. The number of halogens is 1. The fourth-order valence-corrected chi connectivity index (χ4v) is 3.21. The maximum absolute atomic E-state index is 13.1. The molecule has 1 aliphatic rings. The summed E-state index contributed by atoms with van der Waals surface area (Å²) < 4.78 is 18.5. The van der Waals surface area contributed by atoms with Gasteiger partial charge in [-0.05, 0) is 37.0 Å². The molecule has 0 spiro atoms. The number of nitrogens with zero attached hydrogens (tertiary/aromatic N) is 2. The fourth-order valence-electron chi connectivity index (χ4n) is 3.21. The minimum atomic E-state index is -0.323. The molecule has 0 radical (unpaired) electrons. The van der Waals surface area contributed by atoms with Crippen molar-refractivity contribution in [3.63, 3.8) is 0 Å². The molecule has 134 valence electrons. The number of aromatic amines is 1. The number of carbonyl (C=O) groups excluding carboxylic acids is 1. The highest BCUT2D eigenvalue weighted by molar-refractivity contribution is 5.74. The molecule has 0 aliphatic carbocycles. The molecular weight excluding hydrogens is 323 g/mol. The predicted octanol–water partition coefficient (Wildman–Crippen LogP) is 3.17. The number of hydrogen-bond donors (Lipinski definition) is 2. The SMILES string of the molecule is COC(CNC(=O)N1CCCCC1c1ncc[nH]1)c1ccc(F)cc1. The number of piperidine rings is 1. The van der Waals surface area contributed by atoms with Gasteiger partial charge in [0.25, 0.3) is 0 Å². The molecule has 1 aromatic carbocycles. The Bertz CT molecular complexity index is 675. The number of amides is 2. The summed E-state index contributed by atoms with van der Waals surface area (Å²) in [6.07, 6.45) is 6.11. The molecule has 3 rings (SSSR count). The van der Waals surface area contributed by atoms with Crippen molar-refractivity contribution in [3.8, 4) is 0 Å². The van der Waals surface area contributed by atoms with Gasteiger partial charge in [-0.3, -0.25) is 0 Å². The molecule has 7 heteroatoms. The van der Waals surface area contributed by atoms with Gasteiger partial charge in [0.15, 0.2) is 0 Å². The van der Waals surface area contributed by atoms with Gasteiger partial charge < -0.3 is 19.9 Å². The number of aromatic nitrogens is 2. The molecule has 2 amide bonds. The van der Waals surface area contributed by atoms with Crippen LogP contribution in [0.5, 0.6) is 0 Å². The van der Waals surface area contributed by atoms with Crippen LogP contribution < -0.4 is 5.32 Å². The second-order valence-electron chi connectivity index (χ2n) is 6.14. The first-order chi connectivity index (χ1) is 12.2. The third kappa shape index (κ3) is 4.17. The number of likely N-dealkylation sites (tertiary alicyclic amines) is 1. The highest BCUT2D eigenvalue weighted by Crippen LogP contribution is 2.28. The molecule has 2 unspecified atom stereocenters. The first-order valence-electron chi connectivity index (χ1n) is 8.51. The van der Waals surface area contributed by atoms with E-state index in [0.29, 0.717) is 13.1 Å². The van der Waals surface area contributed by atoms with Gasteiger partial charge in [0, 0.05) is 32.6 Å². The Labute approximate surface area is 146 Å². The standard InChI is InChI=1S/C18H23FN4O2/c1-25-16(13-5-7-14(19)8-6-13)12-22-18(24)23-11-3-2-4-15(23)17-20-9-10-21-17/h5-10,15-16H,2-4,11-12H2,1H3,(H,20,21)(H,22,24). The van der Waals surface area contributed by atoms with Crippen molar-refractivity contribution in [2.75, 3.05) is 20.2 Å². The van der Waals surface area contributed by atoms with Crippen molar-refractivity contribution in [1.82, 2.24) is 20.2 Å². The molecule has 0 bridgehead atoms. The maximum Gasteiger partial charge on any atom is 0.318 e. The second-order valence-corrected chi connectivity index (χ2v) is 6.14. The van der Waals surface area contributed by atoms with Crippen LogP contribution in [-0.4, -0.2) is 41.1 Å². The van der Waals surface area contributed by atoms with Gasteiger partial charge in [-0.15, -0.1) is 0 Å². The molecule has 0 saturated carbocycles. The summed E-state index contributed by atoms with van der Waals surface area (Å²) in [4.78, 5) is 21.9. The number of nitrogens with one attached hydrogen (secondary N) is 2. The van der Waals surface area contributed by atoms with Crippen LogP contribution in [0, 0.1) is 5.82 Å². The lowest BCUT2D eigenvalue weighted by Crippen LogP contribution is -2.46. The molecule has 2 aromatic rings. The molecule has 2 N–H and O–H groups in total. The van der Waals surface area contributed by atoms with Crippen molar-refractivity contribution in [3.05, 3.63) is 53.9 Å². The Morgan fingerprint density at radius 1 is 1.44 bits per heavy atom. The normalized spacial score (nSPS) is 18.8. The quantitative estimate of drug-likeness (QED) is 0.874. The molecule has 25 heavy (non-hydrogen) atoms. The summed E-state index contributed by atoms with van der Waals surface area (Å²) in [5.41, 5.74) is 0.824. The minimum absolute atomic E-state index is 0.0319. The lowest BCUT2D eigenvalue weighted by atomic mass is 10.0. The summed E-state index contributed by atoms with van der Waals surface area (Å²) in [7, 11) is 1.58. The maximum atomic E-state index is 13.1. The van der Waals surface area contributed by atoms with Crippen molar-refractivity contribution in [2.24, 2.45) is 0 Å². The Hall–Kier alpha value is -2.41. The molecule has 1 saturated heterocycles. The van der Waals surface area contributed by atoms with Crippen LogP contribution in [0.15, 0.2) is 36.7 Å². The summed E-state index contributed by atoms with van der Waals surface area (Å²) in [6.45, 7) is 1.02. The highest BCUT2D eigenvalue weighted by atomic mass is 19.1. The number of ether oxygens (including phenoxy) is 1. The van der Waals surface area contributed by atoms with Crippen LogP contribution in [0.25, 0.3) is 0 Å². The molecule has 2 heterocycles. The van der Waals surface area contributed by atoms with Gasteiger partial charge >= 0.3 is 6.03 Å². The molecule has 1 fully saturated rings. The van der Waals surface area contributed by atoms with E-state index in [2.05, 4.69) is 15.3 Å². The fraction of sp³-hybridized carbons (Fsp3) is 0.444. The Kier molecular flexibility index (Phi) is 5.65. The zero-order chi connectivity index (χ0) is 17.6. The number of H-pyrrole nitrogens is 1. The van der Waals surface area contributed by atoms with Gasteiger partial charge in [-0.2, -0.15) is 0 Å². The Morgan fingerprint density at radius 2 is 2.24 bits per heavy atom. The topological polar surface area (TPSA) is 70.2 Å². The zero-order valence-corrected chi connectivity index (χ0v) is 14.2. The molecule has 6 nitrogen and oxygen atoms in total. The number of carbonyl (C=O) groups is 1. The lowest BCUT2D eigenvalue weighted by molar-refractivity contribution is 0.0970. The van der Waals surface area contributed by atoms with E-state index in [1.807, 2.05) is 4.90 Å². The zero-order valence-electron chi connectivity index (χ0n) is 14.2.